The lowest BCUT2D eigenvalue weighted by molar-refractivity contribution is -0.137. The molecular formula is C27H28N6O8. The van der Waals surface area contributed by atoms with E-state index in [2.05, 4.69) is 10.4 Å². The molecule has 1 aliphatic carbocycles. The number of nitrogens with two attached hydrogens (primary N) is 3. The lowest BCUT2D eigenvalue weighted by atomic mass is 9.84. The molecule has 1 saturated heterocycles. The van der Waals surface area contributed by atoms with E-state index in [1.54, 1.807) is 24.3 Å². The van der Waals surface area contributed by atoms with Gasteiger partial charge < -0.3 is 32.5 Å². The van der Waals surface area contributed by atoms with Crippen molar-refractivity contribution in [2.45, 2.75) is 37.8 Å². The van der Waals surface area contributed by atoms with E-state index in [-0.39, 0.29) is 11.6 Å². The number of nitrogens with one attached hydrogen (secondary N) is 1. The maximum atomic E-state index is 14.2. The number of carboxylic acids is 1. The van der Waals surface area contributed by atoms with Gasteiger partial charge in [0.25, 0.3) is 5.91 Å². The first-order valence-corrected chi connectivity index (χ1v) is 12.6. The molecule has 0 unspecified atom stereocenters. The van der Waals surface area contributed by atoms with Crippen LogP contribution in [0.15, 0.2) is 41.5 Å². The number of hydrogen-bond acceptors (Lipinski definition) is 11. The molecule has 1 saturated carbocycles. The summed E-state index contributed by atoms with van der Waals surface area (Å²) in [6.07, 6.45) is 1.91. The van der Waals surface area contributed by atoms with E-state index in [1.165, 1.54) is 12.3 Å². The maximum Gasteiger partial charge on any atom is 0.329 e. The lowest BCUT2D eigenvalue weighted by Gasteiger charge is -2.28. The first kappa shape index (κ1) is 29.0. The number of Topliss-reactive ketones (excluding diaryl/α,β-unsaturated/α-hetero) is 2. The number of ether oxygens (including phenoxy) is 1. The second-order valence-corrected chi connectivity index (χ2v) is 9.69. The number of aliphatic carboxylic acids is 1. The molecule has 8 N–H and O–H groups in total. The predicted octanol–water partition coefficient (Wildman–Crippen LogP) is 0.392. The lowest BCUT2D eigenvalue weighted by Crippen LogP contribution is -2.46. The van der Waals surface area contributed by atoms with Crippen molar-refractivity contribution in [3.05, 3.63) is 58.7 Å². The number of anilines is 1. The van der Waals surface area contributed by atoms with Gasteiger partial charge in [0.1, 0.15) is 11.3 Å². The van der Waals surface area contributed by atoms with Crippen LogP contribution in [0.1, 0.15) is 58.0 Å². The number of ketones is 2. The van der Waals surface area contributed by atoms with Gasteiger partial charge in [-0.15, -0.1) is 0 Å². The van der Waals surface area contributed by atoms with Gasteiger partial charge in [-0.1, -0.05) is 24.3 Å². The molecule has 41 heavy (non-hydrogen) atoms. The van der Waals surface area contributed by atoms with E-state index in [1.807, 2.05) is 0 Å². The Kier molecular flexibility index (Phi) is 7.98. The topological polar surface area (TPSA) is 238 Å². The third-order valence-corrected chi connectivity index (χ3v) is 6.93. The molecule has 1 heterocycles. The zero-order valence-electron chi connectivity index (χ0n) is 22.0. The minimum atomic E-state index is -1.64. The van der Waals surface area contributed by atoms with Crippen LogP contribution in [0.25, 0.3) is 0 Å². The maximum absolute atomic E-state index is 14.2. The summed E-state index contributed by atoms with van der Waals surface area (Å²) in [5.41, 5.74) is 9.62. The minimum Gasteiger partial charge on any atom is -0.481 e. The molecule has 0 radical (unpaired) electrons. The SMILES string of the molecule is CC(=O)c1c(N2C(=O)N[C@@](c3ccc(C=NN)cc3)(C3CC3)C2=O)ccc(OC(=O)CN)c1C(=O)[C@@H](N)CC(=O)O. The fourth-order valence-electron chi connectivity index (χ4n) is 4.98. The molecule has 2 aliphatic rings. The standard InChI is InChI=1S/C27H28N6O8/c1-13(34)22-18(8-9-19(41-21(37)11-28)23(22)24(38)17(29)10-20(35)36)33-25(39)27(16-6-7-16,32-26(33)40)15-4-2-14(3-5-15)12-31-30/h2-5,8-9,12,16-17H,6-7,10-11,28-30H2,1H3,(H,32,40)(H,35,36)/t17-,27-/m0/s1. The van der Waals surface area contributed by atoms with Gasteiger partial charge in [0.2, 0.25) is 0 Å². The van der Waals surface area contributed by atoms with Crippen molar-refractivity contribution in [2.24, 2.45) is 28.3 Å². The van der Waals surface area contributed by atoms with Crippen molar-refractivity contribution in [1.29, 1.82) is 0 Å². The number of esters is 1. The number of urea groups is 1. The summed E-state index contributed by atoms with van der Waals surface area (Å²) in [6, 6.07) is 6.51. The van der Waals surface area contributed by atoms with Gasteiger partial charge in [-0.2, -0.15) is 5.10 Å². The van der Waals surface area contributed by atoms with Gasteiger partial charge in [0.15, 0.2) is 11.6 Å². The number of hydrogen-bond donors (Lipinski definition) is 5. The monoisotopic (exact) mass is 564 g/mol. The number of amides is 3. The molecule has 0 bridgehead atoms. The van der Waals surface area contributed by atoms with Crippen molar-refractivity contribution in [1.82, 2.24) is 5.32 Å². The van der Waals surface area contributed by atoms with Crippen molar-refractivity contribution in [2.75, 3.05) is 11.4 Å². The smallest absolute Gasteiger partial charge is 0.329 e. The zero-order valence-corrected chi connectivity index (χ0v) is 22.0. The molecule has 14 heteroatoms. The molecule has 2 aromatic carbocycles. The third-order valence-electron chi connectivity index (χ3n) is 6.93. The zero-order chi connectivity index (χ0) is 30.1. The van der Waals surface area contributed by atoms with E-state index in [0.29, 0.717) is 24.0 Å². The van der Waals surface area contributed by atoms with Crippen LogP contribution in [-0.2, 0) is 19.9 Å². The van der Waals surface area contributed by atoms with Crippen molar-refractivity contribution in [3.8, 4) is 5.75 Å². The quantitative estimate of drug-likeness (QED) is 0.0476. The average molecular weight is 565 g/mol. The van der Waals surface area contributed by atoms with Crippen LogP contribution in [0, 0.1) is 5.92 Å². The van der Waals surface area contributed by atoms with Crippen molar-refractivity contribution >= 4 is 47.3 Å². The number of carbonyl (C=O) groups excluding carboxylic acids is 5. The Balaban J connectivity index is 1.88. The molecule has 3 amide bonds. The summed E-state index contributed by atoms with van der Waals surface area (Å²) in [5.74, 6) is -0.297. The van der Waals surface area contributed by atoms with Gasteiger partial charge in [0, 0.05) is 0 Å². The Morgan fingerprint density at radius 2 is 1.80 bits per heavy atom. The highest BCUT2D eigenvalue weighted by molar-refractivity contribution is 6.27. The number of benzene rings is 2. The fraction of sp³-hybridized carbons (Fsp3) is 0.296. The second-order valence-electron chi connectivity index (χ2n) is 9.69. The van der Waals surface area contributed by atoms with Crippen LogP contribution in [0.3, 0.4) is 0 Å². The molecule has 14 nitrogen and oxygen atoms in total. The molecule has 214 valence electrons. The van der Waals surface area contributed by atoms with Crippen molar-refractivity contribution in [3.63, 3.8) is 0 Å². The molecular weight excluding hydrogens is 536 g/mol. The number of hydrazone groups is 1. The number of imide groups is 1. The molecule has 0 spiro atoms. The predicted molar refractivity (Wildman–Crippen MR) is 144 cm³/mol. The van der Waals surface area contributed by atoms with Crippen LogP contribution >= 0.6 is 0 Å². The largest absolute Gasteiger partial charge is 0.481 e. The summed E-state index contributed by atoms with van der Waals surface area (Å²) >= 11 is 0. The van der Waals surface area contributed by atoms with E-state index < -0.39 is 76.9 Å². The Bertz CT molecular complexity index is 1480. The second kappa shape index (κ2) is 11.3. The van der Waals surface area contributed by atoms with Crippen LogP contribution in [0.5, 0.6) is 5.75 Å². The molecule has 2 fully saturated rings. The van der Waals surface area contributed by atoms with Gasteiger partial charge in [-0.25, -0.2) is 9.69 Å². The molecule has 1 aliphatic heterocycles. The van der Waals surface area contributed by atoms with E-state index in [9.17, 15) is 28.8 Å². The molecule has 2 atom stereocenters. The molecule has 0 aromatic heterocycles. The van der Waals surface area contributed by atoms with Crippen LogP contribution in [-0.4, -0.2) is 59.4 Å². The first-order chi connectivity index (χ1) is 19.5. The number of carboxylic acid groups (broad SMARTS) is 1. The third kappa shape index (κ3) is 5.29. The number of rotatable bonds is 11. The van der Waals surface area contributed by atoms with Crippen LogP contribution in [0.4, 0.5) is 10.5 Å². The van der Waals surface area contributed by atoms with Gasteiger partial charge in [-0.3, -0.25) is 24.0 Å². The van der Waals surface area contributed by atoms with Gasteiger partial charge in [0.05, 0.1) is 42.0 Å². The number of carbonyl (C=O) groups is 6. The summed E-state index contributed by atoms with van der Waals surface area (Å²) < 4.78 is 5.16. The summed E-state index contributed by atoms with van der Waals surface area (Å²) in [7, 11) is 0. The van der Waals surface area contributed by atoms with E-state index in [0.717, 1.165) is 17.9 Å². The van der Waals surface area contributed by atoms with Crippen molar-refractivity contribution < 1.29 is 38.6 Å². The van der Waals surface area contributed by atoms with Gasteiger partial charge >= 0.3 is 18.0 Å². The average Bonchev–Trinajstić information content (AvgIpc) is 3.74. The summed E-state index contributed by atoms with van der Waals surface area (Å²) in [4.78, 5) is 78.1. The first-order valence-electron chi connectivity index (χ1n) is 12.6. The van der Waals surface area contributed by atoms with E-state index >= 15 is 0 Å². The summed E-state index contributed by atoms with van der Waals surface area (Å²) in [6.45, 7) is 0.510. The number of nitrogens with zero attached hydrogens (tertiary/aromatic N) is 2. The summed E-state index contributed by atoms with van der Waals surface area (Å²) in [5, 5.41) is 15.4. The highest BCUT2D eigenvalue weighted by Crippen LogP contribution is 2.50. The Hall–Kier alpha value is -4.95. The fourth-order valence-corrected chi connectivity index (χ4v) is 4.98. The highest BCUT2D eigenvalue weighted by Gasteiger charge is 2.61. The molecule has 2 aromatic rings. The van der Waals surface area contributed by atoms with Gasteiger partial charge in [-0.05, 0) is 48.9 Å². The highest BCUT2D eigenvalue weighted by atomic mass is 16.5. The van der Waals surface area contributed by atoms with Crippen LogP contribution < -0.4 is 32.3 Å². The Morgan fingerprint density at radius 1 is 1.15 bits per heavy atom. The Morgan fingerprint density at radius 3 is 2.34 bits per heavy atom. The normalized spacial score (nSPS) is 19.2. The van der Waals surface area contributed by atoms with E-state index in [4.69, 9.17) is 27.2 Å². The minimum absolute atomic E-state index is 0.242. The Labute approximate surface area is 233 Å². The van der Waals surface area contributed by atoms with Crippen LogP contribution in [0.2, 0.25) is 0 Å². The molecule has 4 rings (SSSR count).